The van der Waals surface area contributed by atoms with Gasteiger partial charge < -0.3 is 20.5 Å². The lowest BCUT2D eigenvalue weighted by molar-refractivity contribution is -0.125. The van der Waals surface area contributed by atoms with Crippen molar-refractivity contribution in [1.29, 1.82) is 0 Å². The summed E-state index contributed by atoms with van der Waals surface area (Å²) in [5, 5.41) is 7.09. The van der Waals surface area contributed by atoms with Crippen molar-refractivity contribution in [2.75, 3.05) is 23.4 Å². The molecule has 3 amide bonds. The van der Waals surface area contributed by atoms with E-state index in [9.17, 15) is 40.8 Å². The number of hydrogen-bond donors (Lipinski definition) is 3. The van der Waals surface area contributed by atoms with E-state index < -0.39 is 76.4 Å². The smallest absolute Gasteiger partial charge is 0.292 e. The number of aromatic nitrogens is 1. The number of carbonyl (C=O) groups excluding carboxylic acids is 4. The molecular formula is C27H30ClF3N4O6S. The third-order valence-electron chi connectivity index (χ3n) is 7.25. The molecule has 0 bridgehead atoms. The van der Waals surface area contributed by atoms with Gasteiger partial charge in [0, 0.05) is 43.7 Å². The highest BCUT2D eigenvalue weighted by molar-refractivity contribution is 7.93. The molecule has 15 heteroatoms. The summed E-state index contributed by atoms with van der Waals surface area (Å²) in [6, 6.07) is 3.65. The lowest BCUT2D eigenvalue weighted by Gasteiger charge is -2.38. The van der Waals surface area contributed by atoms with Crippen LogP contribution in [0.25, 0.3) is 0 Å². The van der Waals surface area contributed by atoms with E-state index in [0.29, 0.717) is 25.1 Å². The fourth-order valence-electron chi connectivity index (χ4n) is 5.45. The number of halogens is 4. The van der Waals surface area contributed by atoms with Crippen LogP contribution in [0.1, 0.15) is 64.7 Å². The minimum Gasteiger partial charge on any atom is -0.349 e. The van der Waals surface area contributed by atoms with Gasteiger partial charge in [-0.25, -0.2) is 21.6 Å². The topological polar surface area (TPSA) is 143 Å². The van der Waals surface area contributed by atoms with E-state index in [2.05, 4.69) is 16.0 Å². The number of nitrogens with one attached hydrogen (secondary N) is 3. The number of ketones is 1. The van der Waals surface area contributed by atoms with E-state index in [-0.39, 0.29) is 39.0 Å². The number of sulfone groups is 1. The van der Waals surface area contributed by atoms with E-state index in [1.54, 1.807) is 4.57 Å². The maximum atomic E-state index is 14.4. The van der Waals surface area contributed by atoms with Crippen LogP contribution in [0, 0.1) is 12.7 Å². The molecule has 3 N–H and O–H groups in total. The number of nitrogens with zero attached hydrogens (tertiary/aromatic N) is 1. The molecule has 1 aromatic carbocycles. The van der Waals surface area contributed by atoms with Crippen LogP contribution in [0.4, 0.5) is 18.9 Å². The average Bonchev–Trinajstić information content (AvgIpc) is 3.42. The molecule has 2 aliphatic rings. The second-order valence-corrected chi connectivity index (χ2v) is 13.4. The van der Waals surface area contributed by atoms with E-state index in [4.69, 9.17) is 11.6 Å². The minimum absolute atomic E-state index is 0.0298. The molecule has 0 aliphatic carbocycles. The first-order chi connectivity index (χ1) is 19.5. The van der Waals surface area contributed by atoms with Crippen LogP contribution in [-0.4, -0.2) is 66.0 Å². The van der Waals surface area contributed by atoms with E-state index in [0.717, 1.165) is 6.07 Å². The molecular weight excluding hydrogens is 601 g/mol. The predicted octanol–water partition coefficient (Wildman–Crippen LogP) is 3.20. The van der Waals surface area contributed by atoms with Crippen LogP contribution in [0.15, 0.2) is 18.2 Å². The standard InChI is InChI=1S/C27H30ClF3N4O6S/c1-15-21(19-4-3-11-35(19)22(15)24(38)33-16-5-6-18(29)17(28)12-16)23(37)25(39)32-10-9-27(30,31)8-7-20(36)34-26(2)13-42(40,41)14-26/h5-6,12H,3-4,7-11,13-14H2,1-2H3,(H,32,39)(H,33,38)(H,34,36). The number of Topliss-reactive ketones (excluding diaryl/α,β-unsaturated/α-hetero) is 1. The SMILES string of the molecule is Cc1c(C(=O)C(=O)NCCC(F)(F)CCC(=O)NC2(C)CS(=O)(=O)C2)c2n(c1C(=O)Nc1ccc(F)c(Cl)c1)CCC2. The van der Waals surface area contributed by atoms with Crippen molar-refractivity contribution >= 4 is 50.6 Å². The van der Waals surface area contributed by atoms with E-state index in [1.165, 1.54) is 26.0 Å². The molecule has 4 rings (SSSR count). The molecule has 1 fully saturated rings. The van der Waals surface area contributed by atoms with Gasteiger partial charge in [-0.3, -0.25) is 19.2 Å². The summed E-state index contributed by atoms with van der Waals surface area (Å²) in [7, 11) is -3.22. The third kappa shape index (κ3) is 6.97. The van der Waals surface area contributed by atoms with Crippen LogP contribution >= 0.6 is 11.6 Å². The highest BCUT2D eigenvalue weighted by Crippen LogP contribution is 2.31. The monoisotopic (exact) mass is 630 g/mol. The summed E-state index contributed by atoms with van der Waals surface area (Å²) in [6.07, 6.45) is -1.15. The molecule has 2 aromatic rings. The maximum Gasteiger partial charge on any atom is 0.292 e. The summed E-state index contributed by atoms with van der Waals surface area (Å²) in [4.78, 5) is 50.9. The molecule has 0 radical (unpaired) electrons. The normalized spacial score (nSPS) is 16.7. The van der Waals surface area contributed by atoms with Gasteiger partial charge in [-0.1, -0.05) is 11.6 Å². The first kappa shape index (κ1) is 31.5. The largest absolute Gasteiger partial charge is 0.349 e. The van der Waals surface area contributed by atoms with Gasteiger partial charge in [0.15, 0.2) is 9.84 Å². The third-order valence-corrected chi connectivity index (χ3v) is 9.69. The van der Waals surface area contributed by atoms with E-state index in [1.807, 2.05) is 0 Å². The van der Waals surface area contributed by atoms with Crippen LogP contribution in [-0.2, 0) is 32.4 Å². The van der Waals surface area contributed by atoms with Gasteiger partial charge in [-0.2, -0.15) is 0 Å². The summed E-state index contributed by atoms with van der Waals surface area (Å²) in [5.41, 5.74) is 0.179. The van der Waals surface area contributed by atoms with Crippen molar-refractivity contribution in [3.8, 4) is 0 Å². The number of fused-ring (bicyclic) bond motifs is 1. The van der Waals surface area contributed by atoms with Crippen LogP contribution in [0.5, 0.6) is 0 Å². The number of hydrogen-bond acceptors (Lipinski definition) is 6. The van der Waals surface area contributed by atoms with Gasteiger partial charge in [-0.05, 0) is 50.5 Å². The Hall–Kier alpha value is -3.39. The summed E-state index contributed by atoms with van der Waals surface area (Å²) in [5.74, 6) is -7.85. The van der Waals surface area contributed by atoms with Crippen molar-refractivity contribution < 1.29 is 40.8 Å². The van der Waals surface area contributed by atoms with Gasteiger partial charge >= 0.3 is 0 Å². The Morgan fingerprint density at radius 3 is 2.48 bits per heavy atom. The molecule has 2 aliphatic heterocycles. The van der Waals surface area contributed by atoms with Gasteiger partial charge in [0.05, 0.1) is 27.6 Å². The zero-order chi connectivity index (χ0) is 31.0. The minimum atomic E-state index is -3.33. The Balaban J connectivity index is 1.34. The Bertz CT molecular complexity index is 1560. The van der Waals surface area contributed by atoms with Crippen molar-refractivity contribution in [2.24, 2.45) is 0 Å². The second-order valence-electron chi connectivity index (χ2n) is 11.0. The Morgan fingerprint density at radius 2 is 1.83 bits per heavy atom. The summed E-state index contributed by atoms with van der Waals surface area (Å²) in [6.45, 7) is 2.92. The number of rotatable bonds is 11. The van der Waals surface area contributed by atoms with Gasteiger partial charge in [-0.15, -0.1) is 0 Å². The fraction of sp³-hybridized carbons (Fsp3) is 0.481. The van der Waals surface area contributed by atoms with Crippen molar-refractivity contribution in [1.82, 2.24) is 15.2 Å². The van der Waals surface area contributed by atoms with Gasteiger partial charge in [0.25, 0.3) is 17.6 Å². The Kier molecular flexibility index (Phi) is 8.79. The number of benzene rings is 1. The van der Waals surface area contributed by atoms with E-state index >= 15 is 0 Å². The van der Waals surface area contributed by atoms with Crippen molar-refractivity contribution in [3.63, 3.8) is 0 Å². The van der Waals surface area contributed by atoms with Crippen molar-refractivity contribution in [3.05, 3.63) is 51.6 Å². The second kappa shape index (κ2) is 11.7. The van der Waals surface area contributed by atoms with Gasteiger partial charge in [0.2, 0.25) is 11.8 Å². The summed E-state index contributed by atoms with van der Waals surface area (Å²) >= 11 is 5.79. The Labute approximate surface area is 245 Å². The average molecular weight is 631 g/mol. The highest BCUT2D eigenvalue weighted by atomic mass is 35.5. The zero-order valence-corrected chi connectivity index (χ0v) is 24.5. The van der Waals surface area contributed by atoms with Gasteiger partial charge in [0.1, 0.15) is 11.5 Å². The van der Waals surface area contributed by atoms with Crippen molar-refractivity contribution in [2.45, 2.75) is 64.0 Å². The van der Waals surface area contributed by atoms with Crippen LogP contribution in [0.3, 0.4) is 0 Å². The molecule has 10 nitrogen and oxygen atoms in total. The first-order valence-electron chi connectivity index (χ1n) is 13.2. The number of alkyl halides is 2. The summed E-state index contributed by atoms with van der Waals surface area (Å²) < 4.78 is 66.6. The number of amides is 3. The number of carbonyl (C=O) groups is 4. The molecule has 3 heterocycles. The quantitative estimate of drug-likeness (QED) is 0.257. The number of anilines is 1. The lowest BCUT2D eigenvalue weighted by Crippen LogP contribution is -2.63. The molecule has 228 valence electrons. The molecule has 0 atom stereocenters. The molecule has 0 spiro atoms. The lowest BCUT2D eigenvalue weighted by atomic mass is 10.0. The fourth-order valence-corrected chi connectivity index (χ4v) is 7.63. The first-order valence-corrected chi connectivity index (χ1v) is 15.4. The van der Waals surface area contributed by atoms with Crippen LogP contribution < -0.4 is 16.0 Å². The molecule has 1 saturated heterocycles. The maximum absolute atomic E-state index is 14.4. The molecule has 42 heavy (non-hydrogen) atoms. The molecule has 0 saturated carbocycles. The predicted molar refractivity (Wildman–Crippen MR) is 148 cm³/mol. The highest BCUT2D eigenvalue weighted by Gasteiger charge is 2.46. The van der Waals surface area contributed by atoms with Crippen LogP contribution in [0.2, 0.25) is 5.02 Å². The molecule has 1 aromatic heterocycles. The zero-order valence-electron chi connectivity index (χ0n) is 22.9. The molecule has 0 unspecified atom stereocenters. The Morgan fingerprint density at radius 1 is 1.14 bits per heavy atom.